The van der Waals surface area contributed by atoms with Gasteiger partial charge in [0.1, 0.15) is 5.75 Å². The second-order valence-corrected chi connectivity index (χ2v) is 9.70. The molecule has 10 heteroatoms. The Bertz CT molecular complexity index is 1310. The van der Waals surface area contributed by atoms with Crippen LogP contribution in [0.2, 0.25) is 5.02 Å². The summed E-state index contributed by atoms with van der Waals surface area (Å²) in [4.78, 5) is 14.4. The lowest BCUT2D eigenvalue weighted by Gasteiger charge is -2.18. The summed E-state index contributed by atoms with van der Waals surface area (Å²) in [5.41, 5.74) is 1.48. The van der Waals surface area contributed by atoms with Crippen LogP contribution in [-0.4, -0.2) is 35.1 Å². The number of carbonyl (C=O) groups excluding carboxylic acids is 1. The number of halogens is 1. The minimum Gasteiger partial charge on any atom is -0.493 e. The molecule has 1 fully saturated rings. The van der Waals surface area contributed by atoms with E-state index in [-0.39, 0.29) is 23.1 Å². The Labute approximate surface area is 202 Å². The smallest absolute Gasteiger partial charge is 0.238 e. The Hall–Kier alpha value is -3.27. The van der Waals surface area contributed by atoms with Crippen LogP contribution in [0.15, 0.2) is 65.6 Å². The number of primary sulfonamides is 1. The standard InChI is InChI=1S/C24H23ClN2O6S/c1-31-20-4-3-5-21(32-2)24(20)33-22-12-15(6-11-19(22)25)16-13-23(28)27(14-16)17-7-9-18(10-8-17)34(26,29)30/h3-12,16H,13-14H2,1-2H3,(H2,26,29,30)/t16-/m0/s1. The lowest BCUT2D eigenvalue weighted by atomic mass is 9.98. The van der Waals surface area contributed by atoms with E-state index in [9.17, 15) is 13.2 Å². The van der Waals surface area contributed by atoms with E-state index in [1.807, 2.05) is 6.07 Å². The maximum atomic E-state index is 12.7. The van der Waals surface area contributed by atoms with Gasteiger partial charge < -0.3 is 19.1 Å². The molecule has 178 valence electrons. The van der Waals surface area contributed by atoms with E-state index in [1.54, 1.807) is 47.4 Å². The normalized spacial score (nSPS) is 15.9. The fourth-order valence-electron chi connectivity index (χ4n) is 3.88. The molecule has 0 aromatic heterocycles. The highest BCUT2D eigenvalue weighted by Gasteiger charge is 2.32. The zero-order valence-corrected chi connectivity index (χ0v) is 20.1. The van der Waals surface area contributed by atoms with E-state index >= 15 is 0 Å². The number of para-hydroxylation sites is 1. The highest BCUT2D eigenvalue weighted by Crippen LogP contribution is 2.43. The van der Waals surface area contributed by atoms with Crippen LogP contribution < -0.4 is 24.2 Å². The monoisotopic (exact) mass is 502 g/mol. The van der Waals surface area contributed by atoms with Crippen LogP contribution >= 0.6 is 11.6 Å². The SMILES string of the molecule is COc1cccc(OC)c1Oc1cc([C@H]2CC(=O)N(c3ccc(S(N)(=O)=O)cc3)C2)ccc1Cl. The number of nitrogens with zero attached hydrogens (tertiary/aromatic N) is 1. The maximum absolute atomic E-state index is 12.7. The van der Waals surface area contributed by atoms with Gasteiger partial charge in [0.15, 0.2) is 11.5 Å². The van der Waals surface area contributed by atoms with Gasteiger partial charge >= 0.3 is 0 Å². The van der Waals surface area contributed by atoms with Crippen LogP contribution in [0, 0.1) is 0 Å². The van der Waals surface area contributed by atoms with Crippen molar-refractivity contribution < 1.29 is 27.4 Å². The van der Waals surface area contributed by atoms with E-state index < -0.39 is 10.0 Å². The molecular weight excluding hydrogens is 480 g/mol. The average molecular weight is 503 g/mol. The van der Waals surface area contributed by atoms with Gasteiger partial charge in [0, 0.05) is 24.6 Å². The molecule has 3 aromatic rings. The van der Waals surface area contributed by atoms with Gasteiger partial charge in [-0.15, -0.1) is 0 Å². The summed E-state index contributed by atoms with van der Waals surface area (Å²) in [6.07, 6.45) is 0.288. The lowest BCUT2D eigenvalue weighted by molar-refractivity contribution is -0.117. The number of benzene rings is 3. The fourth-order valence-corrected chi connectivity index (χ4v) is 4.55. The molecule has 8 nitrogen and oxygen atoms in total. The molecule has 1 aliphatic rings. The average Bonchev–Trinajstić information content (AvgIpc) is 3.21. The summed E-state index contributed by atoms with van der Waals surface area (Å²) in [5.74, 6) is 1.61. The first-order valence-corrected chi connectivity index (χ1v) is 12.2. The topological polar surface area (TPSA) is 108 Å². The van der Waals surface area contributed by atoms with Gasteiger partial charge in [0.05, 0.1) is 24.1 Å². The van der Waals surface area contributed by atoms with Crippen LogP contribution in [0.3, 0.4) is 0 Å². The molecule has 2 N–H and O–H groups in total. The van der Waals surface area contributed by atoms with Crippen LogP contribution in [0.5, 0.6) is 23.0 Å². The number of rotatable bonds is 7. The lowest BCUT2D eigenvalue weighted by Crippen LogP contribution is -2.24. The summed E-state index contributed by atoms with van der Waals surface area (Å²) >= 11 is 6.41. The molecule has 0 bridgehead atoms. The van der Waals surface area contributed by atoms with Crippen LogP contribution in [0.4, 0.5) is 5.69 Å². The van der Waals surface area contributed by atoms with Crippen molar-refractivity contribution in [3.05, 3.63) is 71.2 Å². The molecule has 0 spiro atoms. The summed E-state index contributed by atoms with van der Waals surface area (Å²) in [6.45, 7) is 0.423. The third kappa shape index (κ3) is 4.82. The van der Waals surface area contributed by atoms with E-state index in [0.717, 1.165) is 5.56 Å². The summed E-state index contributed by atoms with van der Waals surface area (Å²) < 4.78 is 39.9. The summed E-state index contributed by atoms with van der Waals surface area (Å²) in [6, 6.07) is 16.6. The van der Waals surface area contributed by atoms with E-state index in [0.29, 0.717) is 40.3 Å². The number of carbonyl (C=O) groups is 1. The van der Waals surface area contributed by atoms with Crippen molar-refractivity contribution in [3.8, 4) is 23.0 Å². The number of nitrogens with two attached hydrogens (primary N) is 1. The molecule has 1 heterocycles. The van der Waals surface area contributed by atoms with Crippen LogP contribution in [-0.2, 0) is 14.8 Å². The van der Waals surface area contributed by atoms with Gasteiger partial charge in [0.25, 0.3) is 0 Å². The minimum absolute atomic E-state index is 0.00861. The van der Waals surface area contributed by atoms with Crippen LogP contribution in [0.1, 0.15) is 17.9 Å². The number of amides is 1. The van der Waals surface area contributed by atoms with Crippen molar-refractivity contribution in [1.82, 2.24) is 0 Å². The highest BCUT2D eigenvalue weighted by atomic mass is 35.5. The van der Waals surface area contributed by atoms with Gasteiger partial charge in [0.2, 0.25) is 21.7 Å². The van der Waals surface area contributed by atoms with Crippen molar-refractivity contribution in [2.45, 2.75) is 17.2 Å². The number of anilines is 1. The molecular formula is C24H23ClN2O6S. The Morgan fingerprint density at radius 3 is 2.21 bits per heavy atom. The summed E-state index contributed by atoms with van der Waals surface area (Å²) in [7, 11) is -0.732. The first-order chi connectivity index (χ1) is 16.2. The number of ether oxygens (including phenoxy) is 3. The number of methoxy groups -OCH3 is 2. The van der Waals surface area contributed by atoms with Gasteiger partial charge in [-0.1, -0.05) is 23.7 Å². The Kier molecular flexibility index (Phi) is 6.70. The maximum Gasteiger partial charge on any atom is 0.238 e. The summed E-state index contributed by atoms with van der Waals surface area (Å²) in [5, 5.41) is 5.56. The van der Waals surface area contributed by atoms with Crippen molar-refractivity contribution in [2.75, 3.05) is 25.7 Å². The first kappa shape index (κ1) is 23.9. The van der Waals surface area contributed by atoms with Crippen molar-refractivity contribution >= 4 is 33.2 Å². The highest BCUT2D eigenvalue weighted by molar-refractivity contribution is 7.89. The third-order valence-electron chi connectivity index (χ3n) is 5.62. The number of hydrogen-bond donors (Lipinski definition) is 1. The molecule has 1 saturated heterocycles. The predicted molar refractivity (Wildman–Crippen MR) is 129 cm³/mol. The second-order valence-electron chi connectivity index (χ2n) is 7.73. The molecule has 1 amide bonds. The number of hydrogen-bond acceptors (Lipinski definition) is 6. The second kappa shape index (κ2) is 9.54. The quantitative estimate of drug-likeness (QED) is 0.515. The minimum atomic E-state index is -3.80. The van der Waals surface area contributed by atoms with Gasteiger partial charge in [-0.25, -0.2) is 13.6 Å². The molecule has 1 aliphatic heterocycles. The molecule has 4 rings (SSSR count). The van der Waals surface area contributed by atoms with Gasteiger partial charge in [-0.05, 0) is 54.1 Å². The predicted octanol–water partition coefficient (Wildman–Crippen LogP) is 4.32. The molecule has 1 atom stereocenters. The first-order valence-electron chi connectivity index (χ1n) is 10.3. The largest absolute Gasteiger partial charge is 0.493 e. The molecule has 0 radical (unpaired) electrons. The fraction of sp³-hybridized carbons (Fsp3) is 0.208. The van der Waals surface area contributed by atoms with Crippen molar-refractivity contribution in [2.24, 2.45) is 5.14 Å². The molecule has 0 unspecified atom stereocenters. The number of sulfonamides is 1. The van der Waals surface area contributed by atoms with Crippen LogP contribution in [0.25, 0.3) is 0 Å². The molecule has 0 saturated carbocycles. The Morgan fingerprint density at radius 2 is 1.62 bits per heavy atom. The van der Waals surface area contributed by atoms with Crippen molar-refractivity contribution in [1.29, 1.82) is 0 Å². The Balaban J connectivity index is 1.59. The van der Waals surface area contributed by atoms with E-state index in [1.165, 1.54) is 26.4 Å². The molecule has 0 aliphatic carbocycles. The van der Waals surface area contributed by atoms with Gasteiger partial charge in [-0.3, -0.25) is 4.79 Å². The van der Waals surface area contributed by atoms with E-state index in [4.69, 9.17) is 31.0 Å². The zero-order valence-electron chi connectivity index (χ0n) is 18.5. The Morgan fingerprint density at radius 1 is 0.971 bits per heavy atom. The zero-order chi connectivity index (χ0) is 24.5. The molecule has 34 heavy (non-hydrogen) atoms. The van der Waals surface area contributed by atoms with E-state index in [2.05, 4.69) is 0 Å². The van der Waals surface area contributed by atoms with Crippen molar-refractivity contribution in [3.63, 3.8) is 0 Å². The third-order valence-corrected chi connectivity index (χ3v) is 6.86. The van der Waals surface area contributed by atoms with Gasteiger partial charge in [-0.2, -0.15) is 0 Å². The molecule has 3 aromatic carbocycles.